The first-order valence-electron chi connectivity index (χ1n) is 6.87. The van der Waals surface area contributed by atoms with Gasteiger partial charge in [-0.1, -0.05) is 45.0 Å². The third-order valence-corrected chi connectivity index (χ3v) is 4.15. The van der Waals surface area contributed by atoms with Crippen LogP contribution >= 0.6 is 11.6 Å². The average molecular weight is 280 g/mol. The van der Waals surface area contributed by atoms with Gasteiger partial charge in [-0.15, -0.1) is 11.6 Å². The van der Waals surface area contributed by atoms with E-state index >= 15 is 0 Å². The van der Waals surface area contributed by atoms with Crippen molar-refractivity contribution in [3.8, 4) is 0 Å². The highest BCUT2D eigenvalue weighted by Crippen LogP contribution is 2.35. The first kappa shape index (κ1) is 14.4. The molecule has 104 valence electrons. The Morgan fingerprint density at radius 3 is 2.68 bits per heavy atom. The molecule has 0 bridgehead atoms. The van der Waals surface area contributed by atoms with Gasteiger partial charge in [-0.05, 0) is 29.4 Å². The summed E-state index contributed by atoms with van der Waals surface area (Å²) in [4.78, 5) is 12.4. The molecule has 1 aliphatic carbocycles. The van der Waals surface area contributed by atoms with Crippen molar-refractivity contribution in [2.24, 2.45) is 5.41 Å². The molecule has 0 aromatic heterocycles. The summed E-state index contributed by atoms with van der Waals surface area (Å²) < 4.78 is 0. The third kappa shape index (κ3) is 3.11. The van der Waals surface area contributed by atoms with E-state index in [0.717, 1.165) is 12.8 Å². The van der Waals surface area contributed by atoms with Crippen LogP contribution in [0.3, 0.4) is 0 Å². The first-order chi connectivity index (χ1) is 8.93. The van der Waals surface area contributed by atoms with E-state index in [1.165, 1.54) is 11.1 Å². The monoisotopic (exact) mass is 279 g/mol. The molecular weight excluding hydrogens is 258 g/mol. The van der Waals surface area contributed by atoms with Crippen LogP contribution in [-0.4, -0.2) is 17.8 Å². The van der Waals surface area contributed by atoms with Crippen molar-refractivity contribution in [3.63, 3.8) is 0 Å². The van der Waals surface area contributed by atoms with Gasteiger partial charge in [0.1, 0.15) is 0 Å². The van der Waals surface area contributed by atoms with Gasteiger partial charge in [0.2, 0.25) is 5.91 Å². The van der Waals surface area contributed by atoms with Gasteiger partial charge in [-0.3, -0.25) is 4.79 Å². The second-order valence-electron chi connectivity index (χ2n) is 6.36. The van der Waals surface area contributed by atoms with Crippen LogP contribution < -0.4 is 5.32 Å². The van der Waals surface area contributed by atoms with Crippen LogP contribution in [0.1, 0.15) is 44.2 Å². The normalized spacial score (nSPS) is 19.3. The van der Waals surface area contributed by atoms with Gasteiger partial charge in [0.15, 0.2) is 0 Å². The number of fused-ring (bicyclic) bond motifs is 1. The lowest BCUT2D eigenvalue weighted by Gasteiger charge is -2.35. The quantitative estimate of drug-likeness (QED) is 0.840. The number of halogens is 1. The summed E-state index contributed by atoms with van der Waals surface area (Å²) in [5.74, 6) is 0.740. The first-order valence-corrected chi connectivity index (χ1v) is 7.41. The van der Waals surface area contributed by atoms with Crippen LogP contribution in [0.2, 0.25) is 0 Å². The van der Waals surface area contributed by atoms with E-state index in [9.17, 15) is 4.79 Å². The number of nitrogens with one attached hydrogen (secondary N) is 1. The summed E-state index contributed by atoms with van der Waals surface area (Å²) >= 11 is 5.84. The van der Waals surface area contributed by atoms with Crippen molar-refractivity contribution in [2.75, 3.05) is 5.88 Å². The van der Waals surface area contributed by atoms with Crippen LogP contribution in [0.25, 0.3) is 0 Å². The zero-order chi connectivity index (χ0) is 14.0. The Labute approximate surface area is 120 Å². The van der Waals surface area contributed by atoms with E-state index < -0.39 is 0 Å². The predicted molar refractivity (Wildman–Crippen MR) is 79.6 cm³/mol. The molecule has 1 aliphatic rings. The van der Waals surface area contributed by atoms with E-state index in [1.807, 2.05) is 12.1 Å². The summed E-state index contributed by atoms with van der Waals surface area (Å²) in [7, 11) is 0. The van der Waals surface area contributed by atoms with E-state index in [-0.39, 0.29) is 23.3 Å². The summed E-state index contributed by atoms with van der Waals surface area (Å²) in [6.45, 7) is 6.41. The fraction of sp³-hybridized carbons (Fsp3) is 0.562. The van der Waals surface area contributed by atoms with Crippen molar-refractivity contribution in [3.05, 3.63) is 35.4 Å². The molecule has 0 saturated heterocycles. The molecule has 1 aromatic rings. The molecule has 19 heavy (non-hydrogen) atoms. The highest BCUT2D eigenvalue weighted by molar-refractivity contribution is 6.17. The topological polar surface area (TPSA) is 29.1 Å². The van der Waals surface area contributed by atoms with Crippen LogP contribution in [0.5, 0.6) is 0 Å². The second kappa shape index (κ2) is 5.54. The van der Waals surface area contributed by atoms with Crippen molar-refractivity contribution in [2.45, 2.75) is 45.6 Å². The molecule has 0 heterocycles. The maximum atomic E-state index is 12.4. The average Bonchev–Trinajstić information content (AvgIpc) is 2.29. The fourth-order valence-electron chi connectivity index (χ4n) is 2.60. The zero-order valence-electron chi connectivity index (χ0n) is 11.9. The molecule has 3 heteroatoms. The standard InChI is InChI=1S/C16H22ClNO/c1-16(2,3)14(8-9-17)18-15(19)13-10-11-6-4-5-7-12(11)13/h4-7,13-14H,8-10H2,1-3H3,(H,18,19). The number of benzene rings is 1. The maximum Gasteiger partial charge on any atom is 0.228 e. The number of hydrogen-bond donors (Lipinski definition) is 1. The summed E-state index contributed by atoms with van der Waals surface area (Å²) in [5.41, 5.74) is 2.51. The Morgan fingerprint density at radius 1 is 1.42 bits per heavy atom. The Hall–Kier alpha value is -1.02. The molecule has 1 amide bonds. The van der Waals surface area contributed by atoms with Crippen molar-refractivity contribution in [1.29, 1.82) is 0 Å². The molecule has 0 fully saturated rings. The molecule has 2 rings (SSSR count). The van der Waals surface area contributed by atoms with Crippen molar-refractivity contribution < 1.29 is 4.79 Å². The van der Waals surface area contributed by atoms with Crippen molar-refractivity contribution >= 4 is 17.5 Å². The van der Waals surface area contributed by atoms with Gasteiger partial charge < -0.3 is 5.32 Å². The molecule has 0 saturated carbocycles. The molecule has 1 aromatic carbocycles. The summed E-state index contributed by atoms with van der Waals surface area (Å²) in [6.07, 6.45) is 1.67. The van der Waals surface area contributed by atoms with Crippen molar-refractivity contribution in [1.82, 2.24) is 5.32 Å². The van der Waals surface area contributed by atoms with E-state index in [0.29, 0.717) is 5.88 Å². The molecule has 0 aliphatic heterocycles. The van der Waals surface area contributed by atoms with E-state index in [1.54, 1.807) is 0 Å². The van der Waals surface area contributed by atoms with Gasteiger partial charge in [-0.25, -0.2) is 0 Å². The van der Waals surface area contributed by atoms with Gasteiger partial charge in [-0.2, -0.15) is 0 Å². The Balaban J connectivity index is 2.02. The Bertz CT molecular complexity index is 464. The Morgan fingerprint density at radius 2 is 2.11 bits per heavy atom. The van der Waals surface area contributed by atoms with Gasteiger partial charge >= 0.3 is 0 Å². The number of carbonyl (C=O) groups excluding carboxylic acids is 1. The number of alkyl halides is 1. The van der Waals surface area contributed by atoms with E-state index in [4.69, 9.17) is 11.6 Å². The van der Waals surface area contributed by atoms with Crippen LogP contribution in [0.15, 0.2) is 24.3 Å². The second-order valence-corrected chi connectivity index (χ2v) is 6.74. The number of carbonyl (C=O) groups is 1. The summed E-state index contributed by atoms with van der Waals surface area (Å²) in [6, 6.07) is 8.30. The molecule has 2 unspecified atom stereocenters. The minimum atomic E-state index is 0.0244. The lowest BCUT2D eigenvalue weighted by Crippen LogP contribution is -2.47. The summed E-state index contributed by atoms with van der Waals surface area (Å²) in [5, 5.41) is 3.18. The van der Waals surface area contributed by atoms with Crippen LogP contribution in [-0.2, 0) is 11.2 Å². The SMILES string of the molecule is CC(C)(C)C(CCCl)NC(=O)C1Cc2ccccc21. The van der Waals surface area contributed by atoms with Gasteiger partial charge in [0, 0.05) is 11.9 Å². The van der Waals surface area contributed by atoms with Crippen LogP contribution in [0.4, 0.5) is 0 Å². The van der Waals surface area contributed by atoms with Crippen LogP contribution in [0, 0.1) is 5.41 Å². The predicted octanol–water partition coefficient (Wildman–Crippen LogP) is 3.49. The molecule has 0 radical (unpaired) electrons. The van der Waals surface area contributed by atoms with E-state index in [2.05, 4.69) is 38.2 Å². The third-order valence-electron chi connectivity index (χ3n) is 3.93. The highest BCUT2D eigenvalue weighted by atomic mass is 35.5. The molecule has 2 nitrogen and oxygen atoms in total. The van der Waals surface area contributed by atoms with Gasteiger partial charge in [0.25, 0.3) is 0 Å². The highest BCUT2D eigenvalue weighted by Gasteiger charge is 2.34. The lowest BCUT2D eigenvalue weighted by molar-refractivity contribution is -0.124. The van der Waals surface area contributed by atoms with Gasteiger partial charge in [0.05, 0.1) is 5.92 Å². The Kier molecular flexibility index (Phi) is 4.19. The fourth-order valence-corrected chi connectivity index (χ4v) is 2.81. The number of amides is 1. The molecular formula is C16H22ClNO. The molecule has 0 spiro atoms. The minimum Gasteiger partial charge on any atom is -0.352 e. The molecule has 1 N–H and O–H groups in total. The largest absolute Gasteiger partial charge is 0.352 e. The maximum absolute atomic E-state index is 12.4. The lowest BCUT2D eigenvalue weighted by atomic mass is 9.76. The smallest absolute Gasteiger partial charge is 0.228 e. The minimum absolute atomic E-state index is 0.0244. The number of hydrogen-bond acceptors (Lipinski definition) is 1. The zero-order valence-corrected chi connectivity index (χ0v) is 12.6. The number of rotatable bonds is 4. The molecule has 2 atom stereocenters.